The molecule has 2 amide bonds. The first-order chi connectivity index (χ1) is 17.3. The summed E-state index contributed by atoms with van der Waals surface area (Å²) in [5, 5.41) is 21.1. The van der Waals surface area contributed by atoms with Gasteiger partial charge in [-0.15, -0.1) is 0 Å². The molecule has 0 aliphatic carbocycles. The van der Waals surface area contributed by atoms with E-state index < -0.39 is 17.9 Å². The SMILES string of the molecule is CCCCc1ncc(C(=O)NC(CC(=O)NO)Cc2ccc(C)cc2)n1Cc1ccc(C(=O)O)cc1. The van der Waals surface area contributed by atoms with Crippen molar-refractivity contribution in [2.45, 2.75) is 58.5 Å². The summed E-state index contributed by atoms with van der Waals surface area (Å²) in [6, 6.07) is 13.8. The Morgan fingerprint density at radius 2 is 1.69 bits per heavy atom. The van der Waals surface area contributed by atoms with Gasteiger partial charge in [0.05, 0.1) is 11.8 Å². The number of aromatic carboxylic acids is 1. The molecule has 0 fully saturated rings. The maximum atomic E-state index is 13.4. The number of carboxylic acids is 1. The first-order valence-electron chi connectivity index (χ1n) is 12.0. The molecule has 36 heavy (non-hydrogen) atoms. The van der Waals surface area contributed by atoms with Gasteiger partial charge in [-0.3, -0.25) is 14.8 Å². The standard InChI is InChI=1S/C27H32N4O5/c1-3-4-5-24-28-16-23(31(24)17-20-10-12-21(13-11-20)27(34)35)26(33)29-22(15-25(32)30-36)14-19-8-6-18(2)7-9-19/h6-13,16,22,36H,3-5,14-15,17H2,1-2H3,(H,29,33)(H,30,32)(H,34,35). The molecule has 9 nitrogen and oxygen atoms in total. The van der Waals surface area contributed by atoms with E-state index in [1.165, 1.54) is 18.3 Å². The van der Waals surface area contributed by atoms with E-state index in [0.717, 1.165) is 35.4 Å². The number of nitrogens with zero attached hydrogens (tertiary/aromatic N) is 2. The Hall–Kier alpha value is -3.98. The minimum atomic E-state index is -1.00. The van der Waals surface area contributed by atoms with Crippen LogP contribution in [0, 0.1) is 6.92 Å². The molecule has 1 aromatic heterocycles. The topological polar surface area (TPSA) is 134 Å². The Balaban J connectivity index is 1.85. The fourth-order valence-corrected chi connectivity index (χ4v) is 3.95. The van der Waals surface area contributed by atoms with Gasteiger partial charge in [-0.05, 0) is 43.0 Å². The molecule has 0 saturated heterocycles. The Morgan fingerprint density at radius 3 is 2.31 bits per heavy atom. The van der Waals surface area contributed by atoms with Crippen LogP contribution >= 0.6 is 0 Å². The third kappa shape index (κ3) is 7.26. The highest BCUT2D eigenvalue weighted by atomic mass is 16.5. The zero-order chi connectivity index (χ0) is 26.1. The van der Waals surface area contributed by atoms with Crippen molar-refractivity contribution in [2.75, 3.05) is 0 Å². The van der Waals surface area contributed by atoms with E-state index in [0.29, 0.717) is 25.1 Å². The minimum absolute atomic E-state index is 0.0937. The molecule has 0 aliphatic rings. The van der Waals surface area contributed by atoms with Gasteiger partial charge in [0, 0.05) is 25.4 Å². The molecule has 0 radical (unpaired) electrons. The predicted molar refractivity (Wildman–Crippen MR) is 134 cm³/mol. The lowest BCUT2D eigenvalue weighted by molar-refractivity contribution is -0.129. The third-order valence-corrected chi connectivity index (χ3v) is 5.96. The van der Waals surface area contributed by atoms with Crippen LogP contribution in [0.4, 0.5) is 0 Å². The average molecular weight is 493 g/mol. The molecule has 4 N–H and O–H groups in total. The van der Waals surface area contributed by atoms with Crippen LogP contribution in [-0.2, 0) is 24.2 Å². The van der Waals surface area contributed by atoms with Crippen molar-refractivity contribution in [3.05, 3.63) is 88.5 Å². The summed E-state index contributed by atoms with van der Waals surface area (Å²) in [6.07, 6.45) is 4.41. The second-order valence-electron chi connectivity index (χ2n) is 8.85. The van der Waals surface area contributed by atoms with Gasteiger partial charge in [0.15, 0.2) is 0 Å². The summed E-state index contributed by atoms with van der Waals surface area (Å²) < 4.78 is 1.83. The summed E-state index contributed by atoms with van der Waals surface area (Å²) in [5.41, 5.74) is 5.07. The fourth-order valence-electron chi connectivity index (χ4n) is 3.95. The molecule has 1 atom stereocenters. The molecule has 190 valence electrons. The van der Waals surface area contributed by atoms with Gasteiger partial charge < -0.3 is 15.0 Å². The fraction of sp³-hybridized carbons (Fsp3) is 0.333. The van der Waals surface area contributed by atoms with Crippen LogP contribution in [0.3, 0.4) is 0 Å². The van der Waals surface area contributed by atoms with Gasteiger partial charge >= 0.3 is 5.97 Å². The van der Waals surface area contributed by atoms with E-state index in [2.05, 4.69) is 17.2 Å². The molecule has 9 heteroatoms. The summed E-state index contributed by atoms with van der Waals surface area (Å²) in [7, 11) is 0. The summed E-state index contributed by atoms with van der Waals surface area (Å²) >= 11 is 0. The van der Waals surface area contributed by atoms with Crippen LogP contribution in [-0.4, -0.2) is 43.7 Å². The molecule has 0 saturated carbocycles. The van der Waals surface area contributed by atoms with E-state index in [1.807, 2.05) is 35.8 Å². The Bertz CT molecular complexity index is 1190. The molecule has 0 aliphatic heterocycles. The van der Waals surface area contributed by atoms with Crippen LogP contribution in [0.25, 0.3) is 0 Å². The molecule has 1 unspecified atom stereocenters. The number of aromatic nitrogens is 2. The number of benzene rings is 2. The lowest BCUT2D eigenvalue weighted by atomic mass is 10.0. The van der Waals surface area contributed by atoms with Gasteiger partial charge in [0.1, 0.15) is 11.5 Å². The number of rotatable bonds is 12. The van der Waals surface area contributed by atoms with Crippen molar-refractivity contribution < 1.29 is 24.7 Å². The average Bonchev–Trinajstić information content (AvgIpc) is 3.26. The second kappa shape index (κ2) is 12.6. The van der Waals surface area contributed by atoms with Crippen LogP contribution in [0.2, 0.25) is 0 Å². The maximum Gasteiger partial charge on any atom is 0.335 e. The normalized spacial score (nSPS) is 11.6. The zero-order valence-corrected chi connectivity index (χ0v) is 20.5. The number of amides is 2. The van der Waals surface area contributed by atoms with Crippen molar-refractivity contribution in [3.8, 4) is 0 Å². The van der Waals surface area contributed by atoms with Crippen molar-refractivity contribution in [3.63, 3.8) is 0 Å². The molecule has 0 spiro atoms. The smallest absolute Gasteiger partial charge is 0.335 e. The van der Waals surface area contributed by atoms with Crippen LogP contribution in [0.1, 0.15) is 69.5 Å². The molecule has 3 aromatic rings. The number of carbonyl (C=O) groups is 3. The van der Waals surface area contributed by atoms with E-state index in [1.54, 1.807) is 17.6 Å². The number of carboxylic acid groups (broad SMARTS) is 1. The molecule has 3 rings (SSSR count). The predicted octanol–water partition coefficient (Wildman–Crippen LogP) is 3.52. The number of hydrogen-bond acceptors (Lipinski definition) is 5. The Labute approximate surface area is 210 Å². The Morgan fingerprint density at radius 1 is 1.03 bits per heavy atom. The second-order valence-corrected chi connectivity index (χ2v) is 8.85. The summed E-state index contributed by atoms with van der Waals surface area (Å²) in [5.74, 6) is -1.22. The lowest BCUT2D eigenvalue weighted by Gasteiger charge is -2.19. The molecule has 2 aromatic carbocycles. The van der Waals surface area contributed by atoms with Crippen molar-refractivity contribution in [1.82, 2.24) is 20.3 Å². The van der Waals surface area contributed by atoms with E-state index in [9.17, 15) is 14.4 Å². The van der Waals surface area contributed by atoms with Crippen molar-refractivity contribution >= 4 is 17.8 Å². The van der Waals surface area contributed by atoms with Gasteiger partial charge in [0.25, 0.3) is 5.91 Å². The number of unbranched alkanes of at least 4 members (excludes halogenated alkanes) is 1. The number of nitrogens with one attached hydrogen (secondary N) is 2. The van der Waals surface area contributed by atoms with Crippen LogP contribution in [0.15, 0.2) is 54.7 Å². The molecular formula is C27H32N4O5. The number of imidazole rings is 1. The van der Waals surface area contributed by atoms with Gasteiger partial charge in [-0.1, -0.05) is 55.3 Å². The largest absolute Gasteiger partial charge is 0.478 e. The van der Waals surface area contributed by atoms with E-state index >= 15 is 0 Å². The molecular weight excluding hydrogens is 460 g/mol. The lowest BCUT2D eigenvalue weighted by Crippen LogP contribution is -2.41. The van der Waals surface area contributed by atoms with Gasteiger partial charge in [-0.2, -0.15) is 0 Å². The highest BCUT2D eigenvalue weighted by Gasteiger charge is 2.22. The third-order valence-electron chi connectivity index (χ3n) is 5.96. The molecule has 1 heterocycles. The maximum absolute atomic E-state index is 13.4. The number of hydrogen-bond donors (Lipinski definition) is 4. The highest BCUT2D eigenvalue weighted by Crippen LogP contribution is 2.15. The minimum Gasteiger partial charge on any atom is -0.478 e. The quantitative estimate of drug-likeness (QED) is 0.226. The van der Waals surface area contributed by atoms with Gasteiger partial charge in [-0.25, -0.2) is 15.3 Å². The number of hydroxylamine groups is 1. The Kier molecular flexibility index (Phi) is 9.35. The zero-order valence-electron chi connectivity index (χ0n) is 20.5. The van der Waals surface area contributed by atoms with Gasteiger partial charge in [0.2, 0.25) is 5.91 Å². The summed E-state index contributed by atoms with van der Waals surface area (Å²) in [4.78, 5) is 41.0. The number of aryl methyl sites for hydroxylation is 2. The van der Waals surface area contributed by atoms with E-state index in [4.69, 9.17) is 10.3 Å². The van der Waals surface area contributed by atoms with Crippen molar-refractivity contribution in [2.24, 2.45) is 0 Å². The summed E-state index contributed by atoms with van der Waals surface area (Å²) in [6.45, 7) is 4.41. The highest BCUT2D eigenvalue weighted by molar-refractivity contribution is 5.93. The van der Waals surface area contributed by atoms with Crippen LogP contribution in [0.5, 0.6) is 0 Å². The first-order valence-corrected chi connectivity index (χ1v) is 12.0. The number of carbonyl (C=O) groups excluding carboxylic acids is 2. The molecule has 0 bridgehead atoms. The first kappa shape index (κ1) is 26.6. The van der Waals surface area contributed by atoms with Crippen LogP contribution < -0.4 is 10.8 Å². The van der Waals surface area contributed by atoms with E-state index in [-0.39, 0.29) is 17.9 Å². The monoisotopic (exact) mass is 492 g/mol. The van der Waals surface area contributed by atoms with Crippen molar-refractivity contribution in [1.29, 1.82) is 0 Å².